The lowest BCUT2D eigenvalue weighted by molar-refractivity contribution is -0.907. The first kappa shape index (κ1) is 26.9. The molecular formula is C30H38N2O5. The summed E-state index contributed by atoms with van der Waals surface area (Å²) in [5.74, 6) is -1.06. The zero-order chi connectivity index (χ0) is 26.6. The standard InChI is InChI=1S/C30H38N2O5/c1-5-18-37-24-12-8-22(9-13-24)27(33)25-26(21-6-10-23(11-7-21)30(2,3)4)32(29(35)28(25)34)15-14-31-16-19-36-20-17-31/h6-13,26,33H,5,14-20H2,1-4H3/b27-25+. The third kappa shape index (κ3) is 6.05. The molecule has 0 bridgehead atoms. The first-order chi connectivity index (χ1) is 17.7. The van der Waals surface area contributed by atoms with Crippen LogP contribution < -0.4 is 14.7 Å². The maximum atomic E-state index is 13.7. The van der Waals surface area contributed by atoms with E-state index in [-0.39, 0.29) is 11.0 Å². The quantitative estimate of drug-likeness (QED) is 0.336. The van der Waals surface area contributed by atoms with E-state index in [2.05, 4.69) is 20.8 Å². The van der Waals surface area contributed by atoms with Gasteiger partial charge in [-0.2, -0.15) is 0 Å². The normalized spacial score (nSPS) is 20.4. The van der Waals surface area contributed by atoms with Gasteiger partial charge in [0.05, 0.1) is 39.0 Å². The fourth-order valence-electron chi connectivity index (χ4n) is 4.88. The maximum Gasteiger partial charge on any atom is 0.295 e. The summed E-state index contributed by atoms with van der Waals surface area (Å²) in [5, 5.41) is 13.7. The van der Waals surface area contributed by atoms with Crippen molar-refractivity contribution in [1.29, 1.82) is 0 Å². The molecule has 2 aromatic carbocycles. The number of carbonyl (C=O) groups excluding carboxylic acids is 2. The van der Waals surface area contributed by atoms with Crippen LogP contribution in [-0.4, -0.2) is 62.6 Å². The van der Waals surface area contributed by atoms with Gasteiger partial charge < -0.3 is 24.4 Å². The second kappa shape index (κ2) is 11.5. The highest BCUT2D eigenvalue weighted by molar-refractivity contribution is 6.46. The summed E-state index contributed by atoms with van der Waals surface area (Å²) in [6, 6.07) is 14.0. The van der Waals surface area contributed by atoms with E-state index in [1.807, 2.05) is 31.2 Å². The number of nitrogens with zero attached hydrogens (tertiary/aromatic N) is 1. The molecule has 7 heteroatoms. The average Bonchev–Trinajstić information content (AvgIpc) is 3.15. The van der Waals surface area contributed by atoms with Crippen molar-refractivity contribution in [1.82, 2.24) is 4.90 Å². The minimum absolute atomic E-state index is 0.0210. The molecule has 1 amide bonds. The molecule has 2 aliphatic heterocycles. The molecule has 2 fully saturated rings. The number of likely N-dealkylation sites (tertiary alicyclic amines) is 1. The molecule has 2 heterocycles. The topological polar surface area (TPSA) is 83.3 Å². The van der Waals surface area contributed by atoms with E-state index >= 15 is 0 Å². The van der Waals surface area contributed by atoms with E-state index in [0.717, 1.165) is 30.6 Å². The second-order valence-corrected chi connectivity index (χ2v) is 10.8. The number of carbonyl (C=O) groups is 2. The van der Waals surface area contributed by atoms with Gasteiger partial charge in [-0.3, -0.25) is 9.59 Å². The highest BCUT2D eigenvalue weighted by Crippen LogP contribution is 2.39. The van der Waals surface area contributed by atoms with Crippen LogP contribution in [0.4, 0.5) is 0 Å². The Labute approximate surface area is 219 Å². The monoisotopic (exact) mass is 506 g/mol. The van der Waals surface area contributed by atoms with Crippen LogP contribution in [0.15, 0.2) is 54.1 Å². The Hall–Kier alpha value is -3.16. The number of morpholine rings is 1. The molecule has 2 aromatic rings. The highest BCUT2D eigenvalue weighted by atomic mass is 16.5. The highest BCUT2D eigenvalue weighted by Gasteiger charge is 2.44. The Morgan fingerprint density at radius 2 is 1.70 bits per heavy atom. The molecule has 1 unspecified atom stereocenters. The zero-order valence-corrected chi connectivity index (χ0v) is 22.3. The summed E-state index contributed by atoms with van der Waals surface area (Å²) in [7, 11) is 0. The molecule has 7 nitrogen and oxygen atoms in total. The number of Topliss-reactive ketones (excluding diaryl/α,β-unsaturated/α-hetero) is 1. The summed E-state index contributed by atoms with van der Waals surface area (Å²) in [5.41, 5.74) is 2.27. The lowest BCUT2D eigenvalue weighted by atomic mass is 9.85. The van der Waals surface area contributed by atoms with Gasteiger partial charge in [-0.25, -0.2) is 0 Å². The number of nitrogens with one attached hydrogen (secondary N) is 1. The van der Waals surface area contributed by atoms with Gasteiger partial charge in [0.2, 0.25) is 5.78 Å². The molecule has 0 aromatic heterocycles. The minimum Gasteiger partial charge on any atom is -0.872 e. The molecule has 0 saturated carbocycles. The van der Waals surface area contributed by atoms with E-state index in [9.17, 15) is 14.7 Å². The van der Waals surface area contributed by atoms with Crippen LogP contribution in [0, 0.1) is 0 Å². The van der Waals surface area contributed by atoms with E-state index in [1.54, 1.807) is 29.2 Å². The van der Waals surface area contributed by atoms with Crippen molar-refractivity contribution >= 4 is 17.4 Å². The van der Waals surface area contributed by atoms with Crippen molar-refractivity contribution in [2.24, 2.45) is 0 Å². The molecular weight excluding hydrogens is 468 g/mol. The second-order valence-electron chi connectivity index (χ2n) is 10.8. The van der Waals surface area contributed by atoms with Crippen molar-refractivity contribution in [3.8, 4) is 5.75 Å². The van der Waals surface area contributed by atoms with Gasteiger partial charge in [0.1, 0.15) is 18.8 Å². The Kier molecular flexibility index (Phi) is 8.35. The fourth-order valence-corrected chi connectivity index (χ4v) is 4.88. The SMILES string of the molecule is CCCOc1ccc(/C([O-])=C2\C(=O)C(=O)N(CC[NH+]3CCOCC3)C2c2ccc(C(C)(C)C)cc2)cc1. The molecule has 37 heavy (non-hydrogen) atoms. The summed E-state index contributed by atoms with van der Waals surface area (Å²) in [6.45, 7) is 13.2. The Balaban J connectivity index is 1.70. The van der Waals surface area contributed by atoms with E-state index in [4.69, 9.17) is 9.47 Å². The van der Waals surface area contributed by atoms with Gasteiger partial charge in [0.15, 0.2) is 0 Å². The smallest absolute Gasteiger partial charge is 0.295 e. The van der Waals surface area contributed by atoms with Gasteiger partial charge in [-0.05, 0) is 40.7 Å². The summed E-state index contributed by atoms with van der Waals surface area (Å²) >= 11 is 0. The molecule has 2 aliphatic rings. The zero-order valence-electron chi connectivity index (χ0n) is 22.3. The molecule has 198 valence electrons. The molecule has 0 spiro atoms. The van der Waals surface area contributed by atoms with Crippen LogP contribution in [0.5, 0.6) is 5.75 Å². The summed E-state index contributed by atoms with van der Waals surface area (Å²) in [4.78, 5) is 29.5. The first-order valence-electron chi connectivity index (χ1n) is 13.2. The number of quaternary nitrogens is 1. The van der Waals surface area contributed by atoms with Gasteiger partial charge in [-0.15, -0.1) is 0 Å². The minimum atomic E-state index is -0.710. The lowest BCUT2D eigenvalue weighted by Crippen LogP contribution is -3.14. The maximum absolute atomic E-state index is 13.7. The molecule has 4 rings (SSSR count). The molecule has 1 N–H and O–H groups in total. The third-order valence-corrected chi connectivity index (χ3v) is 7.12. The predicted molar refractivity (Wildman–Crippen MR) is 140 cm³/mol. The predicted octanol–water partition coefficient (Wildman–Crippen LogP) is 1.91. The van der Waals surface area contributed by atoms with Crippen LogP contribution in [0.3, 0.4) is 0 Å². The fraction of sp³-hybridized carbons (Fsp3) is 0.467. The molecule has 1 atom stereocenters. The van der Waals surface area contributed by atoms with Crippen molar-refractivity contribution in [3.63, 3.8) is 0 Å². The van der Waals surface area contributed by atoms with Gasteiger partial charge in [-0.1, -0.05) is 69.9 Å². The van der Waals surface area contributed by atoms with Gasteiger partial charge >= 0.3 is 0 Å². The van der Waals surface area contributed by atoms with Crippen molar-refractivity contribution in [2.45, 2.75) is 45.6 Å². The van der Waals surface area contributed by atoms with Gasteiger partial charge in [0.25, 0.3) is 5.91 Å². The first-order valence-corrected chi connectivity index (χ1v) is 13.2. The van der Waals surface area contributed by atoms with Crippen LogP contribution in [0.1, 0.15) is 56.8 Å². The lowest BCUT2D eigenvalue weighted by Gasteiger charge is -2.30. The van der Waals surface area contributed by atoms with Gasteiger partial charge in [0, 0.05) is 5.57 Å². The molecule has 0 radical (unpaired) electrons. The number of ether oxygens (including phenoxy) is 2. The van der Waals surface area contributed by atoms with E-state index in [1.165, 1.54) is 4.90 Å². The number of benzene rings is 2. The Morgan fingerprint density at radius 1 is 1.05 bits per heavy atom. The van der Waals surface area contributed by atoms with Crippen LogP contribution in [-0.2, 0) is 19.7 Å². The number of rotatable bonds is 8. The van der Waals surface area contributed by atoms with Crippen molar-refractivity contribution in [3.05, 3.63) is 70.8 Å². The molecule has 0 aliphatic carbocycles. The van der Waals surface area contributed by atoms with Crippen molar-refractivity contribution in [2.75, 3.05) is 46.0 Å². The molecule has 2 saturated heterocycles. The van der Waals surface area contributed by atoms with E-state index < -0.39 is 23.5 Å². The van der Waals surface area contributed by atoms with Crippen molar-refractivity contribution < 1.29 is 29.1 Å². The largest absolute Gasteiger partial charge is 0.872 e. The Morgan fingerprint density at radius 3 is 2.30 bits per heavy atom. The summed E-state index contributed by atoms with van der Waals surface area (Å²) < 4.78 is 11.1. The number of hydrogen-bond acceptors (Lipinski definition) is 5. The van der Waals surface area contributed by atoms with E-state index in [0.29, 0.717) is 44.2 Å². The van der Waals surface area contributed by atoms with Crippen LogP contribution >= 0.6 is 0 Å². The third-order valence-electron chi connectivity index (χ3n) is 7.12. The van der Waals surface area contributed by atoms with Crippen LogP contribution in [0.25, 0.3) is 5.76 Å². The number of ketones is 1. The number of hydrogen-bond donors (Lipinski definition) is 1. The van der Waals surface area contributed by atoms with Crippen LogP contribution in [0.2, 0.25) is 0 Å². The Bertz CT molecular complexity index is 1130. The summed E-state index contributed by atoms with van der Waals surface area (Å²) in [6.07, 6.45) is 0.882. The number of amides is 1. The average molecular weight is 507 g/mol.